The van der Waals surface area contributed by atoms with Crippen LogP contribution in [0.15, 0.2) is 66.7 Å². The van der Waals surface area contributed by atoms with Gasteiger partial charge in [-0.15, -0.1) is 0 Å². The van der Waals surface area contributed by atoms with Gasteiger partial charge in [0.1, 0.15) is 17.9 Å². The third-order valence-corrected chi connectivity index (χ3v) is 6.93. The van der Waals surface area contributed by atoms with Gasteiger partial charge in [0, 0.05) is 30.0 Å². The first-order valence-electron chi connectivity index (χ1n) is 12.1. The van der Waals surface area contributed by atoms with E-state index in [4.69, 9.17) is 16.3 Å². The standard InChI is InChI=1S/C30H32ClNO4/c1-29(2,3)24-12-9-20(10-13-24)16-30(4)17-23-15-21(11-14-26(23)36-30)28(35)32(19-27(33)34)18-22-7-5-6-8-25(22)31/h5-15H,16-19H2,1-4H3,(H,33,34). The maximum Gasteiger partial charge on any atom is 0.323 e. The number of carboxylic acids is 1. The van der Waals surface area contributed by atoms with Gasteiger partial charge in [-0.25, -0.2) is 0 Å². The molecule has 0 aliphatic carbocycles. The largest absolute Gasteiger partial charge is 0.487 e. The van der Waals surface area contributed by atoms with Crippen molar-refractivity contribution < 1.29 is 19.4 Å². The summed E-state index contributed by atoms with van der Waals surface area (Å²) in [5.41, 5.74) is 4.24. The van der Waals surface area contributed by atoms with Gasteiger partial charge in [-0.05, 0) is 58.9 Å². The summed E-state index contributed by atoms with van der Waals surface area (Å²) in [7, 11) is 0. The third kappa shape index (κ3) is 5.90. The van der Waals surface area contributed by atoms with E-state index in [1.807, 2.05) is 18.2 Å². The molecule has 4 rings (SSSR count). The van der Waals surface area contributed by atoms with Crippen LogP contribution in [-0.4, -0.2) is 34.0 Å². The molecule has 6 heteroatoms. The minimum absolute atomic E-state index is 0.103. The molecule has 0 bridgehead atoms. The molecular weight excluding hydrogens is 474 g/mol. The molecule has 1 atom stereocenters. The number of carboxylic acid groups (broad SMARTS) is 1. The lowest BCUT2D eigenvalue weighted by Gasteiger charge is -2.25. The Kier molecular flexibility index (Phi) is 7.14. The van der Waals surface area contributed by atoms with Gasteiger partial charge in [-0.1, -0.05) is 74.8 Å². The van der Waals surface area contributed by atoms with Gasteiger partial charge in [0.05, 0.1) is 0 Å². The molecule has 3 aromatic rings. The van der Waals surface area contributed by atoms with E-state index in [0.29, 0.717) is 22.6 Å². The zero-order valence-corrected chi connectivity index (χ0v) is 21.9. The average molecular weight is 506 g/mol. The Morgan fingerprint density at radius 1 is 1.06 bits per heavy atom. The second-order valence-corrected chi connectivity index (χ2v) is 11.2. The summed E-state index contributed by atoms with van der Waals surface area (Å²) in [5.74, 6) is -0.673. The zero-order chi connectivity index (χ0) is 26.1. The van der Waals surface area contributed by atoms with Gasteiger partial charge >= 0.3 is 5.97 Å². The van der Waals surface area contributed by atoms with Crippen LogP contribution in [0.4, 0.5) is 0 Å². The van der Waals surface area contributed by atoms with Gasteiger partial charge in [0.25, 0.3) is 5.91 Å². The number of rotatable bonds is 7. The van der Waals surface area contributed by atoms with Crippen LogP contribution >= 0.6 is 11.6 Å². The van der Waals surface area contributed by atoms with E-state index in [0.717, 1.165) is 17.7 Å². The first-order chi connectivity index (χ1) is 16.9. The van der Waals surface area contributed by atoms with Crippen molar-refractivity contribution in [2.24, 2.45) is 0 Å². The number of halogens is 1. The van der Waals surface area contributed by atoms with E-state index >= 15 is 0 Å². The molecule has 1 aliphatic rings. The number of amides is 1. The van der Waals surface area contributed by atoms with Crippen molar-refractivity contribution in [3.05, 3.63) is 99.6 Å². The Bertz CT molecular complexity index is 1280. The summed E-state index contributed by atoms with van der Waals surface area (Å²) in [5, 5.41) is 9.90. The highest BCUT2D eigenvalue weighted by atomic mass is 35.5. The predicted octanol–water partition coefficient (Wildman–Crippen LogP) is 6.30. The summed E-state index contributed by atoms with van der Waals surface area (Å²) >= 11 is 6.26. The Balaban J connectivity index is 1.51. The number of hydrogen-bond donors (Lipinski definition) is 1. The van der Waals surface area contributed by atoms with E-state index in [1.165, 1.54) is 16.0 Å². The molecule has 0 saturated heterocycles. The molecule has 0 fully saturated rings. The van der Waals surface area contributed by atoms with E-state index < -0.39 is 18.1 Å². The topological polar surface area (TPSA) is 66.8 Å². The highest BCUT2D eigenvalue weighted by Gasteiger charge is 2.36. The van der Waals surface area contributed by atoms with Crippen molar-refractivity contribution >= 4 is 23.5 Å². The summed E-state index contributed by atoms with van der Waals surface area (Å²) < 4.78 is 6.33. The zero-order valence-electron chi connectivity index (χ0n) is 21.2. The number of carbonyl (C=O) groups is 2. The summed E-state index contributed by atoms with van der Waals surface area (Å²) in [6.45, 7) is 8.38. The molecule has 188 valence electrons. The summed E-state index contributed by atoms with van der Waals surface area (Å²) in [4.78, 5) is 26.1. The minimum Gasteiger partial charge on any atom is -0.487 e. The van der Waals surface area contributed by atoms with Gasteiger partial charge in [0.15, 0.2) is 0 Å². The second-order valence-electron chi connectivity index (χ2n) is 10.8. The number of nitrogens with zero attached hydrogens (tertiary/aromatic N) is 1. The molecule has 36 heavy (non-hydrogen) atoms. The second kappa shape index (κ2) is 9.98. The Hall–Kier alpha value is -3.31. The van der Waals surface area contributed by atoms with E-state index in [2.05, 4.69) is 52.0 Å². The molecule has 1 heterocycles. The van der Waals surface area contributed by atoms with Crippen molar-refractivity contribution in [3.63, 3.8) is 0 Å². The van der Waals surface area contributed by atoms with Crippen LogP contribution < -0.4 is 4.74 Å². The van der Waals surface area contributed by atoms with Crippen LogP contribution in [0.25, 0.3) is 0 Å². The monoisotopic (exact) mass is 505 g/mol. The van der Waals surface area contributed by atoms with Gasteiger partial charge in [-0.2, -0.15) is 0 Å². The van der Waals surface area contributed by atoms with Crippen molar-refractivity contribution in [2.45, 2.75) is 58.1 Å². The first kappa shape index (κ1) is 25.8. The van der Waals surface area contributed by atoms with Crippen LogP contribution in [0.3, 0.4) is 0 Å². The number of aliphatic carboxylic acids is 1. The molecule has 1 aliphatic heterocycles. The predicted molar refractivity (Wildman–Crippen MR) is 142 cm³/mol. The lowest BCUT2D eigenvalue weighted by molar-refractivity contribution is -0.137. The Morgan fingerprint density at radius 2 is 1.75 bits per heavy atom. The number of hydrogen-bond acceptors (Lipinski definition) is 3. The van der Waals surface area contributed by atoms with Gasteiger partial charge < -0.3 is 14.7 Å². The fourth-order valence-corrected chi connectivity index (χ4v) is 4.88. The molecule has 1 unspecified atom stereocenters. The molecule has 0 spiro atoms. The highest BCUT2D eigenvalue weighted by Crippen LogP contribution is 2.38. The van der Waals surface area contributed by atoms with Crippen LogP contribution in [0.5, 0.6) is 5.75 Å². The summed E-state index contributed by atoms with van der Waals surface area (Å²) in [6, 6.07) is 21.1. The molecule has 3 aromatic carbocycles. The Labute approximate surface area is 217 Å². The van der Waals surface area contributed by atoms with E-state index in [1.54, 1.807) is 24.3 Å². The molecule has 5 nitrogen and oxygen atoms in total. The number of benzene rings is 3. The van der Waals surface area contributed by atoms with Crippen molar-refractivity contribution in [2.75, 3.05) is 6.54 Å². The van der Waals surface area contributed by atoms with Crippen LogP contribution in [0, 0.1) is 0 Å². The van der Waals surface area contributed by atoms with Crippen LogP contribution in [-0.2, 0) is 29.6 Å². The van der Waals surface area contributed by atoms with E-state index in [9.17, 15) is 14.7 Å². The normalized spacial score (nSPS) is 16.8. The van der Waals surface area contributed by atoms with Crippen LogP contribution in [0.2, 0.25) is 5.02 Å². The lowest BCUT2D eigenvalue weighted by Crippen LogP contribution is -2.35. The number of carbonyl (C=O) groups excluding carboxylic acids is 1. The fourth-order valence-electron chi connectivity index (χ4n) is 4.69. The van der Waals surface area contributed by atoms with Gasteiger partial charge in [-0.3, -0.25) is 9.59 Å². The smallest absolute Gasteiger partial charge is 0.323 e. The third-order valence-electron chi connectivity index (χ3n) is 6.56. The van der Waals surface area contributed by atoms with Crippen LogP contribution in [0.1, 0.15) is 60.3 Å². The van der Waals surface area contributed by atoms with Crippen molar-refractivity contribution in [1.82, 2.24) is 4.90 Å². The fraction of sp³-hybridized carbons (Fsp3) is 0.333. The first-order valence-corrected chi connectivity index (χ1v) is 12.5. The number of fused-ring (bicyclic) bond motifs is 1. The average Bonchev–Trinajstić information content (AvgIpc) is 3.13. The minimum atomic E-state index is -1.08. The molecule has 0 radical (unpaired) electrons. The Morgan fingerprint density at radius 3 is 2.39 bits per heavy atom. The van der Waals surface area contributed by atoms with Crippen molar-refractivity contribution in [3.8, 4) is 5.75 Å². The molecular formula is C30H32ClNO4. The maximum atomic E-state index is 13.3. The van der Waals surface area contributed by atoms with E-state index in [-0.39, 0.29) is 17.9 Å². The molecule has 0 saturated carbocycles. The quantitative estimate of drug-likeness (QED) is 0.409. The molecule has 1 amide bonds. The molecule has 1 N–H and O–H groups in total. The lowest BCUT2D eigenvalue weighted by atomic mass is 9.85. The summed E-state index contributed by atoms with van der Waals surface area (Å²) in [6.07, 6.45) is 1.40. The highest BCUT2D eigenvalue weighted by molar-refractivity contribution is 6.31. The molecule has 0 aromatic heterocycles. The van der Waals surface area contributed by atoms with Gasteiger partial charge in [0.2, 0.25) is 0 Å². The SMILES string of the molecule is CC1(Cc2ccc(C(C)(C)C)cc2)Cc2cc(C(=O)N(CC(=O)O)Cc3ccccc3Cl)ccc2O1. The van der Waals surface area contributed by atoms with Crippen molar-refractivity contribution in [1.29, 1.82) is 0 Å². The number of ether oxygens (including phenoxy) is 1. The maximum absolute atomic E-state index is 13.3.